The molecule has 0 aliphatic heterocycles. The van der Waals surface area contributed by atoms with E-state index in [2.05, 4.69) is 4.98 Å². The summed E-state index contributed by atoms with van der Waals surface area (Å²) in [6.07, 6.45) is -3.08. The second-order valence-electron chi connectivity index (χ2n) is 2.75. The summed E-state index contributed by atoms with van der Waals surface area (Å²) in [4.78, 5) is 3.78. The lowest BCUT2D eigenvalue weighted by Crippen LogP contribution is -2.21. The molecule has 1 heterocycles. The third-order valence-corrected chi connectivity index (χ3v) is 1.76. The van der Waals surface area contributed by atoms with E-state index >= 15 is 0 Å². The number of nitrogens with zero attached hydrogens (tertiary/aromatic N) is 1. The molecule has 0 aromatic carbocycles. The van der Waals surface area contributed by atoms with Crippen molar-refractivity contribution in [2.24, 2.45) is 5.73 Å². The molecule has 0 spiro atoms. The Bertz CT molecular complexity index is 341. The topological polar surface area (TPSA) is 38.9 Å². The van der Waals surface area contributed by atoms with Crippen molar-refractivity contribution in [1.82, 2.24) is 4.98 Å². The Morgan fingerprint density at radius 3 is 2.43 bits per heavy atom. The molecule has 76 valence electrons. The molecule has 0 atom stereocenters. The number of pyridine rings is 1. The molecule has 0 saturated heterocycles. The molecule has 2 nitrogen and oxygen atoms in total. The minimum absolute atomic E-state index is 0.0573. The molecule has 0 aliphatic rings. The van der Waals surface area contributed by atoms with E-state index in [0.29, 0.717) is 0 Å². The van der Waals surface area contributed by atoms with Gasteiger partial charge in [0, 0.05) is 11.8 Å². The van der Waals surface area contributed by atoms with Gasteiger partial charge in [0.25, 0.3) is 0 Å². The molecule has 1 aromatic rings. The van der Waals surface area contributed by atoms with Crippen molar-refractivity contribution >= 4 is 5.57 Å². The van der Waals surface area contributed by atoms with Crippen LogP contribution >= 0.6 is 0 Å². The SMILES string of the molecule is CC(=C(N)C(F)(F)F)c1ccccn1. The van der Waals surface area contributed by atoms with E-state index in [1.165, 1.54) is 19.2 Å². The number of hydrogen-bond donors (Lipinski definition) is 1. The van der Waals surface area contributed by atoms with Crippen LogP contribution in [0.15, 0.2) is 30.1 Å². The summed E-state index contributed by atoms with van der Waals surface area (Å²) in [7, 11) is 0. The summed E-state index contributed by atoms with van der Waals surface area (Å²) < 4.78 is 36.5. The summed E-state index contributed by atoms with van der Waals surface area (Å²) >= 11 is 0. The van der Waals surface area contributed by atoms with Gasteiger partial charge in [-0.1, -0.05) is 6.07 Å². The predicted octanol–water partition coefficient (Wildman–Crippen LogP) is 2.33. The minimum Gasteiger partial charge on any atom is -0.394 e. The second-order valence-corrected chi connectivity index (χ2v) is 2.75. The average Bonchev–Trinajstić information content (AvgIpc) is 2.15. The largest absolute Gasteiger partial charge is 0.431 e. The zero-order valence-electron chi connectivity index (χ0n) is 7.47. The monoisotopic (exact) mass is 202 g/mol. The molecule has 0 aliphatic carbocycles. The Hall–Kier alpha value is -1.52. The third kappa shape index (κ3) is 2.25. The summed E-state index contributed by atoms with van der Waals surface area (Å²) in [6, 6.07) is 4.71. The first kappa shape index (κ1) is 10.6. The summed E-state index contributed by atoms with van der Waals surface area (Å²) in [5, 5.41) is 0. The zero-order valence-corrected chi connectivity index (χ0v) is 7.47. The van der Waals surface area contributed by atoms with Crippen LogP contribution in [0.3, 0.4) is 0 Å². The van der Waals surface area contributed by atoms with E-state index in [1.807, 2.05) is 0 Å². The maximum atomic E-state index is 12.2. The van der Waals surface area contributed by atoms with Gasteiger partial charge in [0.05, 0.1) is 5.69 Å². The first-order valence-corrected chi connectivity index (χ1v) is 3.88. The van der Waals surface area contributed by atoms with Crippen molar-refractivity contribution in [2.75, 3.05) is 0 Å². The lowest BCUT2D eigenvalue weighted by molar-refractivity contribution is -0.0920. The molecule has 0 amide bonds. The molecule has 0 radical (unpaired) electrons. The van der Waals surface area contributed by atoms with Gasteiger partial charge in [-0.3, -0.25) is 4.98 Å². The first-order chi connectivity index (χ1) is 6.43. The molecule has 2 N–H and O–H groups in total. The van der Waals surface area contributed by atoms with Crippen LogP contribution in [-0.2, 0) is 0 Å². The molecule has 5 heteroatoms. The Morgan fingerprint density at radius 1 is 1.36 bits per heavy atom. The molecule has 0 saturated carbocycles. The van der Waals surface area contributed by atoms with E-state index in [4.69, 9.17) is 5.73 Å². The number of allylic oxidation sites excluding steroid dienone is 2. The van der Waals surface area contributed by atoms with E-state index in [0.717, 1.165) is 0 Å². The number of rotatable bonds is 1. The van der Waals surface area contributed by atoms with E-state index < -0.39 is 11.9 Å². The van der Waals surface area contributed by atoms with Gasteiger partial charge in [0.2, 0.25) is 0 Å². The van der Waals surface area contributed by atoms with Crippen molar-refractivity contribution in [3.8, 4) is 0 Å². The van der Waals surface area contributed by atoms with E-state index in [9.17, 15) is 13.2 Å². The van der Waals surface area contributed by atoms with Crippen LogP contribution in [0.1, 0.15) is 12.6 Å². The molecule has 0 unspecified atom stereocenters. The van der Waals surface area contributed by atoms with Crippen LogP contribution in [0.4, 0.5) is 13.2 Å². The molecular weight excluding hydrogens is 193 g/mol. The first-order valence-electron chi connectivity index (χ1n) is 3.88. The molecular formula is C9H9F3N2. The zero-order chi connectivity index (χ0) is 10.8. The third-order valence-electron chi connectivity index (χ3n) is 1.76. The lowest BCUT2D eigenvalue weighted by Gasteiger charge is -2.10. The van der Waals surface area contributed by atoms with Crippen LogP contribution in [0.5, 0.6) is 0 Å². The Labute approximate surface area is 79.3 Å². The molecule has 0 bridgehead atoms. The van der Waals surface area contributed by atoms with Gasteiger partial charge in [0.1, 0.15) is 5.70 Å². The van der Waals surface area contributed by atoms with Crippen LogP contribution < -0.4 is 5.73 Å². The Morgan fingerprint density at radius 2 is 2.00 bits per heavy atom. The molecule has 14 heavy (non-hydrogen) atoms. The van der Waals surface area contributed by atoms with Gasteiger partial charge in [-0.05, 0) is 19.1 Å². The van der Waals surface area contributed by atoms with Crippen LogP contribution in [0.25, 0.3) is 5.57 Å². The van der Waals surface area contributed by atoms with Crippen molar-refractivity contribution in [3.05, 3.63) is 35.8 Å². The van der Waals surface area contributed by atoms with Gasteiger partial charge in [-0.25, -0.2) is 0 Å². The number of hydrogen-bond acceptors (Lipinski definition) is 2. The van der Waals surface area contributed by atoms with Crippen LogP contribution in [0, 0.1) is 0 Å². The smallest absolute Gasteiger partial charge is 0.394 e. The van der Waals surface area contributed by atoms with Crippen molar-refractivity contribution < 1.29 is 13.2 Å². The maximum Gasteiger partial charge on any atom is 0.431 e. The number of halogens is 3. The van der Waals surface area contributed by atoms with Gasteiger partial charge >= 0.3 is 6.18 Å². The van der Waals surface area contributed by atoms with Gasteiger partial charge in [-0.2, -0.15) is 13.2 Å². The quantitative estimate of drug-likeness (QED) is 0.759. The van der Waals surface area contributed by atoms with Crippen LogP contribution in [-0.4, -0.2) is 11.2 Å². The number of aromatic nitrogens is 1. The second kappa shape index (κ2) is 3.69. The average molecular weight is 202 g/mol. The maximum absolute atomic E-state index is 12.2. The predicted molar refractivity (Wildman–Crippen MR) is 47.1 cm³/mol. The fourth-order valence-corrected chi connectivity index (χ4v) is 0.935. The number of nitrogens with two attached hydrogens (primary N) is 1. The fraction of sp³-hybridized carbons (Fsp3) is 0.222. The summed E-state index contributed by atoms with van der Waals surface area (Å²) in [5.74, 6) is 0. The minimum atomic E-state index is -4.50. The fourth-order valence-electron chi connectivity index (χ4n) is 0.935. The highest BCUT2D eigenvalue weighted by atomic mass is 19.4. The van der Waals surface area contributed by atoms with Gasteiger partial charge in [-0.15, -0.1) is 0 Å². The normalized spacial score (nSPS) is 13.7. The number of alkyl halides is 3. The molecule has 0 fully saturated rings. The van der Waals surface area contributed by atoms with Gasteiger partial charge < -0.3 is 5.73 Å². The molecule has 1 rings (SSSR count). The highest BCUT2D eigenvalue weighted by Gasteiger charge is 2.33. The highest BCUT2D eigenvalue weighted by Crippen LogP contribution is 2.27. The lowest BCUT2D eigenvalue weighted by atomic mass is 10.1. The van der Waals surface area contributed by atoms with Crippen molar-refractivity contribution in [2.45, 2.75) is 13.1 Å². The standard InChI is InChI=1S/C9H9F3N2/c1-6(8(13)9(10,11)12)7-4-2-3-5-14-7/h2-5H,13H2,1H3. The van der Waals surface area contributed by atoms with E-state index in [1.54, 1.807) is 12.1 Å². The van der Waals surface area contributed by atoms with Crippen molar-refractivity contribution in [3.63, 3.8) is 0 Å². The Kier molecular flexibility index (Phi) is 2.78. The van der Waals surface area contributed by atoms with Crippen LogP contribution in [0.2, 0.25) is 0 Å². The highest BCUT2D eigenvalue weighted by molar-refractivity contribution is 5.64. The van der Waals surface area contributed by atoms with E-state index in [-0.39, 0.29) is 11.3 Å². The van der Waals surface area contributed by atoms with Gasteiger partial charge in [0.15, 0.2) is 0 Å². The summed E-state index contributed by atoms with van der Waals surface area (Å²) in [5.41, 5.74) is 4.02. The Balaban J connectivity index is 3.12. The summed E-state index contributed by atoms with van der Waals surface area (Å²) in [6.45, 7) is 1.30. The molecule has 1 aromatic heterocycles. The van der Waals surface area contributed by atoms with Crippen molar-refractivity contribution in [1.29, 1.82) is 0 Å².